The number of hydrogen-bond acceptors (Lipinski definition) is 0. The molecular formula is C11H10Zn. The number of hydrogen-bond donors (Lipinski definition) is 0. The fourth-order valence-electron chi connectivity index (χ4n) is 0.663. The first kappa shape index (κ1) is 11.2. The minimum Gasteiger partial charge on any atom is -0.214 e. The molecule has 0 amide bonds. The summed E-state index contributed by atoms with van der Waals surface area (Å²) in [7, 11) is 0. The van der Waals surface area contributed by atoms with Gasteiger partial charge in [-0.15, -0.1) is 0 Å². The van der Waals surface area contributed by atoms with Gasteiger partial charge in [0.15, 0.2) is 0 Å². The van der Waals surface area contributed by atoms with Crippen molar-refractivity contribution >= 4 is 0 Å². The van der Waals surface area contributed by atoms with Crippen LogP contribution < -0.4 is 0 Å². The minimum atomic E-state index is 0. The zero-order valence-corrected chi connectivity index (χ0v) is 9.95. The van der Waals surface area contributed by atoms with Crippen LogP contribution in [0, 0.1) is 6.07 Å². The van der Waals surface area contributed by atoms with Gasteiger partial charge in [0.1, 0.15) is 0 Å². The van der Waals surface area contributed by atoms with Crippen LogP contribution in [0.1, 0.15) is 0 Å². The van der Waals surface area contributed by atoms with Gasteiger partial charge in [0.2, 0.25) is 0 Å². The van der Waals surface area contributed by atoms with Gasteiger partial charge < -0.3 is 0 Å². The van der Waals surface area contributed by atoms with Crippen LogP contribution in [0.5, 0.6) is 0 Å². The van der Waals surface area contributed by atoms with Crippen LogP contribution in [0.3, 0.4) is 0 Å². The zero-order chi connectivity index (χ0) is 7.78. The van der Waals surface area contributed by atoms with E-state index in [4.69, 9.17) is 0 Å². The van der Waals surface area contributed by atoms with Gasteiger partial charge in [-0.05, 0) is 0 Å². The van der Waals surface area contributed by atoms with Crippen molar-refractivity contribution in [2.45, 2.75) is 0 Å². The summed E-state index contributed by atoms with van der Waals surface area (Å²) in [5.41, 5.74) is 0. The Morgan fingerprint density at radius 2 is 1.33 bits per heavy atom. The molecule has 2 rings (SSSR count). The Morgan fingerprint density at radius 3 is 1.50 bits per heavy atom. The van der Waals surface area contributed by atoms with Crippen molar-refractivity contribution in [3.63, 3.8) is 0 Å². The monoisotopic (exact) mass is 206 g/mol. The van der Waals surface area contributed by atoms with Gasteiger partial charge in [-0.25, -0.2) is 12.1 Å². The van der Waals surface area contributed by atoms with E-state index in [1.807, 2.05) is 60.7 Å². The maximum absolute atomic E-state index is 2.89. The van der Waals surface area contributed by atoms with Crippen molar-refractivity contribution in [2.24, 2.45) is 0 Å². The average molecular weight is 208 g/mol. The van der Waals surface area contributed by atoms with Crippen molar-refractivity contribution in [1.29, 1.82) is 0 Å². The maximum Gasteiger partial charge on any atom is 2.00 e. The van der Waals surface area contributed by atoms with Crippen LogP contribution in [0.15, 0.2) is 60.7 Å². The van der Waals surface area contributed by atoms with Crippen molar-refractivity contribution in [1.82, 2.24) is 0 Å². The molecule has 0 aromatic heterocycles. The van der Waals surface area contributed by atoms with Crippen molar-refractivity contribution in [2.75, 3.05) is 0 Å². The normalized spacial score (nSPS) is 7.33. The summed E-state index contributed by atoms with van der Waals surface area (Å²) in [4.78, 5) is 0. The van der Waals surface area contributed by atoms with Crippen LogP contribution >= 0.6 is 0 Å². The molecule has 0 aliphatic heterocycles. The van der Waals surface area contributed by atoms with Crippen LogP contribution in [0.2, 0.25) is 0 Å². The summed E-state index contributed by atoms with van der Waals surface area (Å²) in [6.45, 7) is 0. The van der Waals surface area contributed by atoms with E-state index in [1.54, 1.807) is 0 Å². The van der Waals surface area contributed by atoms with E-state index in [1.165, 1.54) is 0 Å². The van der Waals surface area contributed by atoms with Crippen LogP contribution in [0.4, 0.5) is 0 Å². The molecule has 0 fully saturated rings. The van der Waals surface area contributed by atoms with Gasteiger partial charge in [-0.3, -0.25) is 0 Å². The Kier molecular flexibility index (Phi) is 7.73. The van der Waals surface area contributed by atoms with E-state index < -0.39 is 0 Å². The quantitative estimate of drug-likeness (QED) is 0.460. The molecule has 2 aromatic carbocycles. The molecule has 1 heteroatoms. The molecule has 0 radical (unpaired) electrons. The van der Waals surface area contributed by atoms with Crippen LogP contribution in [-0.2, 0) is 19.5 Å². The third-order valence-electron chi connectivity index (χ3n) is 1.16. The largest absolute Gasteiger partial charge is 2.00 e. The number of rotatable bonds is 0. The first-order chi connectivity index (χ1) is 5.50. The SMILES string of the molecule is [Zn+2].[c-]1ccccc1.c1cc[cH-]c1. The van der Waals surface area contributed by atoms with E-state index in [0.717, 1.165) is 0 Å². The minimum absolute atomic E-state index is 0. The molecule has 12 heavy (non-hydrogen) atoms. The van der Waals surface area contributed by atoms with Crippen molar-refractivity contribution in [3.8, 4) is 0 Å². The molecule has 0 unspecified atom stereocenters. The van der Waals surface area contributed by atoms with Gasteiger partial charge in [0.05, 0.1) is 0 Å². The first-order valence-corrected chi connectivity index (χ1v) is 3.58. The third-order valence-corrected chi connectivity index (χ3v) is 1.16. The molecular weight excluding hydrogens is 198 g/mol. The Bertz CT molecular complexity index is 191. The Hall–Kier alpha value is -0.807. The van der Waals surface area contributed by atoms with Gasteiger partial charge in [-0.1, -0.05) is 0 Å². The second kappa shape index (κ2) is 8.29. The molecule has 0 spiro atoms. The standard InChI is InChI=1S/C6H5.C5H5.Zn/c1-2-4-6-5-3-1;1-2-4-5-3-1;/h1-5H;1-5H;/q2*-1;+2. The second-order valence-corrected chi connectivity index (χ2v) is 2.04. The molecule has 0 saturated carbocycles. The van der Waals surface area contributed by atoms with Crippen molar-refractivity contribution in [3.05, 3.63) is 66.7 Å². The Balaban J connectivity index is 0.000000189. The molecule has 0 aliphatic rings. The molecule has 0 bridgehead atoms. The van der Waals surface area contributed by atoms with Gasteiger partial charge in [0.25, 0.3) is 0 Å². The molecule has 0 N–H and O–H groups in total. The summed E-state index contributed by atoms with van der Waals surface area (Å²) in [6, 6.07) is 22.5. The van der Waals surface area contributed by atoms with Crippen molar-refractivity contribution < 1.29 is 19.5 Å². The van der Waals surface area contributed by atoms with Crippen LogP contribution in [0.25, 0.3) is 0 Å². The number of benzene rings is 1. The molecule has 56 valence electrons. The predicted octanol–water partition coefficient (Wildman–Crippen LogP) is 2.89. The van der Waals surface area contributed by atoms with E-state index in [0.29, 0.717) is 0 Å². The molecule has 0 saturated heterocycles. The molecule has 0 nitrogen and oxygen atoms in total. The predicted molar refractivity (Wildman–Crippen MR) is 47.3 cm³/mol. The van der Waals surface area contributed by atoms with E-state index in [2.05, 4.69) is 6.07 Å². The average Bonchev–Trinajstić information content (AvgIpc) is 2.64. The summed E-state index contributed by atoms with van der Waals surface area (Å²) < 4.78 is 0. The first-order valence-electron chi connectivity index (χ1n) is 3.58. The molecule has 0 atom stereocenters. The topological polar surface area (TPSA) is 0 Å². The van der Waals surface area contributed by atoms with E-state index in [-0.39, 0.29) is 19.5 Å². The fourth-order valence-corrected chi connectivity index (χ4v) is 0.663. The Labute approximate surface area is 86.4 Å². The second-order valence-electron chi connectivity index (χ2n) is 2.04. The third kappa shape index (κ3) is 5.94. The van der Waals surface area contributed by atoms with E-state index in [9.17, 15) is 0 Å². The smallest absolute Gasteiger partial charge is 0.214 e. The molecule has 0 aliphatic carbocycles. The molecule has 0 heterocycles. The summed E-state index contributed by atoms with van der Waals surface area (Å²) in [5.74, 6) is 0. The summed E-state index contributed by atoms with van der Waals surface area (Å²) in [6.07, 6.45) is 0. The van der Waals surface area contributed by atoms with Gasteiger partial charge in [-0.2, -0.15) is 54.6 Å². The fraction of sp³-hybridized carbons (Fsp3) is 0. The Morgan fingerprint density at radius 1 is 0.750 bits per heavy atom. The van der Waals surface area contributed by atoms with Gasteiger partial charge in [0, 0.05) is 0 Å². The van der Waals surface area contributed by atoms with E-state index >= 15 is 0 Å². The summed E-state index contributed by atoms with van der Waals surface area (Å²) >= 11 is 0. The maximum atomic E-state index is 2.89. The zero-order valence-electron chi connectivity index (χ0n) is 6.98. The summed E-state index contributed by atoms with van der Waals surface area (Å²) in [5, 5.41) is 0. The molecule has 2 aromatic rings. The van der Waals surface area contributed by atoms with Crippen LogP contribution in [-0.4, -0.2) is 0 Å². The van der Waals surface area contributed by atoms with Gasteiger partial charge >= 0.3 is 19.5 Å².